The molecule has 1 fully saturated rings. The normalized spacial score (nSPS) is 20.4. The number of carboxylic acids is 1. The van der Waals surface area contributed by atoms with Crippen LogP contribution in [0.4, 0.5) is 5.69 Å². The minimum atomic E-state index is -0.843. The molecule has 8 heteroatoms. The first-order chi connectivity index (χ1) is 10.5. The lowest BCUT2D eigenvalue weighted by atomic mass is 10.1. The Hall–Kier alpha value is -2.64. The predicted molar refractivity (Wildman–Crippen MR) is 75.5 cm³/mol. The fourth-order valence-electron chi connectivity index (χ4n) is 2.44. The van der Waals surface area contributed by atoms with Crippen LogP contribution in [0, 0.1) is 16.0 Å². The van der Waals surface area contributed by atoms with Gasteiger partial charge in [-0.1, -0.05) is 6.07 Å². The van der Waals surface area contributed by atoms with Gasteiger partial charge in [0.1, 0.15) is 5.75 Å². The Morgan fingerprint density at radius 2 is 2.18 bits per heavy atom. The number of rotatable bonds is 6. The van der Waals surface area contributed by atoms with Crippen molar-refractivity contribution in [2.75, 3.05) is 6.61 Å². The minimum Gasteiger partial charge on any atom is -0.484 e. The van der Waals surface area contributed by atoms with E-state index in [0.717, 1.165) is 0 Å². The molecule has 0 spiro atoms. The number of aliphatic carboxylic acids is 1. The molecule has 1 aromatic rings. The Kier molecular flexibility index (Phi) is 4.92. The SMILES string of the molecule is O=C(COc1cccc([N+](=O)[O-])c1)N[C@@H]1CC[C@H](C(=O)O)C1. The Labute approximate surface area is 126 Å². The summed E-state index contributed by atoms with van der Waals surface area (Å²) in [5.74, 6) is -1.39. The fourth-order valence-corrected chi connectivity index (χ4v) is 2.44. The van der Waals surface area contributed by atoms with Gasteiger partial charge in [-0.3, -0.25) is 19.7 Å². The van der Waals surface area contributed by atoms with Gasteiger partial charge in [0, 0.05) is 12.1 Å². The second kappa shape index (κ2) is 6.88. The van der Waals surface area contributed by atoms with E-state index >= 15 is 0 Å². The molecule has 0 unspecified atom stereocenters. The average Bonchev–Trinajstić information content (AvgIpc) is 2.94. The molecule has 0 heterocycles. The predicted octanol–water partition coefficient (Wildman–Crippen LogP) is 1.34. The standard InChI is InChI=1S/C14H16N2O6/c17-13(15-10-5-4-9(6-10)14(18)19)8-22-12-3-1-2-11(7-12)16(20)21/h1-3,7,9-10H,4-6,8H2,(H,15,17)(H,18,19)/t9-,10+/m0/s1. The van der Waals surface area contributed by atoms with Gasteiger partial charge in [-0.25, -0.2) is 0 Å². The first kappa shape index (κ1) is 15.7. The van der Waals surface area contributed by atoms with Gasteiger partial charge < -0.3 is 15.2 Å². The molecular formula is C14H16N2O6. The maximum atomic E-state index is 11.8. The number of non-ortho nitro benzene ring substituents is 1. The summed E-state index contributed by atoms with van der Waals surface area (Å²) in [5.41, 5.74) is -0.113. The van der Waals surface area contributed by atoms with Crippen LogP contribution in [0.15, 0.2) is 24.3 Å². The van der Waals surface area contributed by atoms with Crippen molar-refractivity contribution in [2.24, 2.45) is 5.92 Å². The molecule has 8 nitrogen and oxygen atoms in total. The van der Waals surface area contributed by atoms with Crippen molar-refractivity contribution in [1.82, 2.24) is 5.32 Å². The third-order valence-electron chi connectivity index (χ3n) is 3.55. The van der Waals surface area contributed by atoms with Gasteiger partial charge in [0.15, 0.2) is 6.61 Å². The van der Waals surface area contributed by atoms with Crippen molar-refractivity contribution in [3.8, 4) is 5.75 Å². The molecule has 118 valence electrons. The van der Waals surface area contributed by atoms with E-state index in [1.807, 2.05) is 0 Å². The smallest absolute Gasteiger partial charge is 0.306 e. The van der Waals surface area contributed by atoms with Crippen LogP contribution in [0.1, 0.15) is 19.3 Å². The third kappa shape index (κ3) is 4.18. The second-order valence-electron chi connectivity index (χ2n) is 5.16. The van der Waals surface area contributed by atoms with E-state index in [1.54, 1.807) is 0 Å². The van der Waals surface area contributed by atoms with Crippen molar-refractivity contribution in [2.45, 2.75) is 25.3 Å². The number of carbonyl (C=O) groups excluding carboxylic acids is 1. The number of benzene rings is 1. The summed E-state index contributed by atoms with van der Waals surface area (Å²) in [4.78, 5) is 32.7. The number of nitrogens with zero attached hydrogens (tertiary/aromatic N) is 1. The fraction of sp³-hybridized carbons (Fsp3) is 0.429. The maximum absolute atomic E-state index is 11.8. The Balaban J connectivity index is 1.80. The molecular weight excluding hydrogens is 292 g/mol. The molecule has 22 heavy (non-hydrogen) atoms. The lowest BCUT2D eigenvalue weighted by molar-refractivity contribution is -0.384. The molecule has 2 N–H and O–H groups in total. The summed E-state index contributed by atoms with van der Waals surface area (Å²) in [6.45, 7) is -0.268. The lowest BCUT2D eigenvalue weighted by Crippen LogP contribution is -2.36. The topological polar surface area (TPSA) is 119 Å². The van der Waals surface area contributed by atoms with E-state index in [2.05, 4.69) is 5.32 Å². The van der Waals surface area contributed by atoms with Gasteiger partial charge in [-0.2, -0.15) is 0 Å². The molecule has 0 aliphatic heterocycles. The van der Waals surface area contributed by atoms with Crippen LogP contribution in [0.25, 0.3) is 0 Å². The molecule has 1 aliphatic rings. The van der Waals surface area contributed by atoms with E-state index < -0.39 is 16.8 Å². The molecule has 1 aromatic carbocycles. The first-order valence-electron chi connectivity index (χ1n) is 6.85. The highest BCUT2D eigenvalue weighted by atomic mass is 16.6. The van der Waals surface area contributed by atoms with E-state index in [-0.39, 0.29) is 30.0 Å². The second-order valence-corrected chi connectivity index (χ2v) is 5.16. The molecule has 0 aromatic heterocycles. The molecule has 1 aliphatic carbocycles. The number of nitro groups is 1. The van der Waals surface area contributed by atoms with Gasteiger partial charge in [-0.15, -0.1) is 0 Å². The number of nitrogens with one attached hydrogen (secondary N) is 1. The highest BCUT2D eigenvalue weighted by molar-refractivity contribution is 5.78. The van der Waals surface area contributed by atoms with Crippen LogP contribution in [-0.2, 0) is 9.59 Å². The molecule has 2 rings (SSSR count). The van der Waals surface area contributed by atoms with E-state index in [9.17, 15) is 19.7 Å². The number of hydrogen-bond acceptors (Lipinski definition) is 5. The van der Waals surface area contributed by atoms with Gasteiger partial charge in [0.2, 0.25) is 0 Å². The van der Waals surface area contributed by atoms with Crippen LogP contribution in [0.3, 0.4) is 0 Å². The van der Waals surface area contributed by atoms with Crippen molar-refractivity contribution >= 4 is 17.6 Å². The van der Waals surface area contributed by atoms with Gasteiger partial charge in [0.25, 0.3) is 11.6 Å². The molecule has 0 saturated heterocycles. The van der Waals surface area contributed by atoms with Crippen molar-refractivity contribution in [3.63, 3.8) is 0 Å². The number of carbonyl (C=O) groups is 2. The molecule has 1 saturated carbocycles. The number of amides is 1. The summed E-state index contributed by atoms with van der Waals surface area (Å²) in [7, 11) is 0. The largest absolute Gasteiger partial charge is 0.484 e. The zero-order chi connectivity index (χ0) is 16.1. The first-order valence-corrected chi connectivity index (χ1v) is 6.85. The zero-order valence-corrected chi connectivity index (χ0v) is 11.7. The Morgan fingerprint density at radius 1 is 1.41 bits per heavy atom. The van der Waals surface area contributed by atoms with Crippen molar-refractivity contribution in [3.05, 3.63) is 34.4 Å². The van der Waals surface area contributed by atoms with Crippen molar-refractivity contribution < 1.29 is 24.4 Å². The van der Waals surface area contributed by atoms with Gasteiger partial charge in [-0.05, 0) is 25.3 Å². The van der Waals surface area contributed by atoms with E-state index in [4.69, 9.17) is 9.84 Å². The van der Waals surface area contributed by atoms with Gasteiger partial charge in [0.05, 0.1) is 16.9 Å². The monoisotopic (exact) mass is 308 g/mol. The Morgan fingerprint density at radius 3 is 2.82 bits per heavy atom. The highest BCUT2D eigenvalue weighted by Crippen LogP contribution is 2.25. The number of carboxylic acid groups (broad SMARTS) is 1. The van der Waals surface area contributed by atoms with E-state index in [1.165, 1.54) is 24.3 Å². The maximum Gasteiger partial charge on any atom is 0.306 e. The summed E-state index contributed by atoms with van der Waals surface area (Å²) in [5, 5.41) is 22.2. The van der Waals surface area contributed by atoms with Crippen LogP contribution < -0.4 is 10.1 Å². The van der Waals surface area contributed by atoms with E-state index in [0.29, 0.717) is 19.3 Å². The summed E-state index contributed by atoms with van der Waals surface area (Å²) in [6.07, 6.45) is 1.59. The number of hydrogen-bond donors (Lipinski definition) is 2. The minimum absolute atomic E-state index is 0.113. The summed E-state index contributed by atoms with van der Waals surface area (Å²) >= 11 is 0. The van der Waals surface area contributed by atoms with Crippen LogP contribution in [-0.4, -0.2) is 34.6 Å². The third-order valence-corrected chi connectivity index (χ3v) is 3.55. The molecule has 2 atom stereocenters. The quantitative estimate of drug-likeness (QED) is 0.604. The average molecular weight is 308 g/mol. The van der Waals surface area contributed by atoms with Crippen LogP contribution in [0.2, 0.25) is 0 Å². The summed E-state index contributed by atoms with van der Waals surface area (Å²) < 4.78 is 5.21. The molecule has 0 radical (unpaired) electrons. The molecule has 1 amide bonds. The number of nitro benzene ring substituents is 1. The lowest BCUT2D eigenvalue weighted by Gasteiger charge is -2.13. The Bertz CT molecular complexity index is 588. The summed E-state index contributed by atoms with van der Waals surface area (Å²) in [6, 6.07) is 5.40. The van der Waals surface area contributed by atoms with Gasteiger partial charge >= 0.3 is 5.97 Å². The van der Waals surface area contributed by atoms with Crippen LogP contribution >= 0.6 is 0 Å². The number of ether oxygens (including phenoxy) is 1. The van der Waals surface area contributed by atoms with Crippen LogP contribution in [0.5, 0.6) is 5.75 Å². The highest BCUT2D eigenvalue weighted by Gasteiger charge is 2.30. The van der Waals surface area contributed by atoms with Crippen molar-refractivity contribution in [1.29, 1.82) is 0 Å². The molecule has 0 bridgehead atoms. The zero-order valence-electron chi connectivity index (χ0n) is 11.7.